The summed E-state index contributed by atoms with van der Waals surface area (Å²) < 4.78 is 10.6. The molecule has 0 aliphatic carbocycles. The summed E-state index contributed by atoms with van der Waals surface area (Å²) in [4.78, 5) is 13.0. The van der Waals surface area contributed by atoms with Crippen molar-refractivity contribution in [2.24, 2.45) is 0 Å². The van der Waals surface area contributed by atoms with Crippen molar-refractivity contribution >= 4 is 17.6 Å². The summed E-state index contributed by atoms with van der Waals surface area (Å²) in [7, 11) is 0. The van der Waals surface area contributed by atoms with Crippen LogP contribution < -0.4 is 4.74 Å². The first-order chi connectivity index (χ1) is 12.5. The van der Waals surface area contributed by atoms with Gasteiger partial charge in [0.1, 0.15) is 5.75 Å². The molecule has 138 valence electrons. The molecule has 1 aliphatic rings. The van der Waals surface area contributed by atoms with Crippen molar-refractivity contribution in [2.75, 3.05) is 32.9 Å². The lowest BCUT2D eigenvalue weighted by Gasteiger charge is -2.32. The average Bonchev–Trinajstić information content (AvgIpc) is 2.67. The third-order valence-electron chi connectivity index (χ3n) is 4.60. The summed E-state index contributed by atoms with van der Waals surface area (Å²) in [6.45, 7) is 5.29. The van der Waals surface area contributed by atoms with E-state index in [4.69, 9.17) is 26.2 Å². The Morgan fingerprint density at radius 3 is 2.46 bits per heavy atom. The van der Waals surface area contributed by atoms with Gasteiger partial charge >= 0.3 is 5.97 Å². The SMILES string of the molecule is C[C@@H](c1ccc(-c2ccc(OCC(=O)O)c(Cl)c2)cc1)N1CCOCC1. The molecule has 6 heteroatoms. The van der Waals surface area contributed by atoms with Crippen molar-refractivity contribution in [3.8, 4) is 16.9 Å². The number of carboxylic acids is 1. The van der Waals surface area contributed by atoms with Crippen LogP contribution in [0, 0.1) is 0 Å². The first-order valence-corrected chi connectivity index (χ1v) is 8.98. The predicted molar refractivity (Wildman–Crippen MR) is 101 cm³/mol. The fourth-order valence-electron chi connectivity index (χ4n) is 3.07. The molecular weight excluding hydrogens is 354 g/mol. The third kappa shape index (κ3) is 4.55. The average molecular weight is 376 g/mol. The van der Waals surface area contributed by atoms with Gasteiger partial charge in [0.05, 0.1) is 18.2 Å². The van der Waals surface area contributed by atoms with Crippen LogP contribution in [0.2, 0.25) is 5.02 Å². The van der Waals surface area contributed by atoms with Crippen LogP contribution in [-0.2, 0) is 9.53 Å². The van der Waals surface area contributed by atoms with Crippen molar-refractivity contribution in [2.45, 2.75) is 13.0 Å². The van der Waals surface area contributed by atoms with Crippen LogP contribution in [0.25, 0.3) is 11.1 Å². The van der Waals surface area contributed by atoms with Crippen LogP contribution in [-0.4, -0.2) is 48.9 Å². The first kappa shape index (κ1) is 18.7. The van der Waals surface area contributed by atoms with Crippen molar-refractivity contribution in [1.29, 1.82) is 0 Å². The number of rotatable bonds is 6. The molecule has 1 N–H and O–H groups in total. The molecule has 2 aromatic rings. The van der Waals surface area contributed by atoms with E-state index in [1.54, 1.807) is 12.1 Å². The molecule has 1 heterocycles. The van der Waals surface area contributed by atoms with Crippen molar-refractivity contribution in [3.05, 3.63) is 53.1 Å². The highest BCUT2D eigenvalue weighted by Gasteiger charge is 2.18. The smallest absolute Gasteiger partial charge is 0.341 e. The third-order valence-corrected chi connectivity index (χ3v) is 4.90. The fourth-order valence-corrected chi connectivity index (χ4v) is 3.30. The second-order valence-corrected chi connectivity index (χ2v) is 6.68. The highest BCUT2D eigenvalue weighted by Crippen LogP contribution is 2.31. The molecule has 1 atom stereocenters. The van der Waals surface area contributed by atoms with Gasteiger partial charge in [-0.1, -0.05) is 41.9 Å². The van der Waals surface area contributed by atoms with E-state index >= 15 is 0 Å². The van der Waals surface area contributed by atoms with Gasteiger partial charge in [-0.3, -0.25) is 4.90 Å². The topological polar surface area (TPSA) is 59.0 Å². The van der Waals surface area contributed by atoms with Gasteiger partial charge < -0.3 is 14.6 Å². The number of aliphatic carboxylic acids is 1. The van der Waals surface area contributed by atoms with Gasteiger partial charge in [-0.05, 0) is 35.7 Å². The van der Waals surface area contributed by atoms with Crippen molar-refractivity contribution in [1.82, 2.24) is 4.90 Å². The lowest BCUT2D eigenvalue weighted by Crippen LogP contribution is -2.37. The normalized spacial score (nSPS) is 16.2. The molecule has 1 aliphatic heterocycles. The molecule has 1 fully saturated rings. The second kappa shape index (κ2) is 8.54. The van der Waals surface area contributed by atoms with Gasteiger partial charge in [-0.2, -0.15) is 0 Å². The summed E-state index contributed by atoms with van der Waals surface area (Å²) in [5.74, 6) is -0.662. The second-order valence-electron chi connectivity index (χ2n) is 6.27. The van der Waals surface area contributed by atoms with E-state index in [1.807, 2.05) is 6.07 Å². The summed E-state index contributed by atoms with van der Waals surface area (Å²) in [6.07, 6.45) is 0. The van der Waals surface area contributed by atoms with Gasteiger partial charge in [0, 0.05) is 19.1 Å². The van der Waals surface area contributed by atoms with E-state index in [0.29, 0.717) is 16.8 Å². The quantitative estimate of drug-likeness (QED) is 0.830. The standard InChI is InChI=1S/C20H22ClNO4/c1-14(22-8-10-25-11-9-22)15-2-4-16(5-3-15)17-6-7-19(18(21)12-17)26-13-20(23)24/h2-7,12,14H,8-11,13H2,1H3,(H,23,24)/t14-/m0/s1. The number of ether oxygens (including phenoxy) is 2. The van der Waals surface area contributed by atoms with Crippen molar-refractivity contribution in [3.63, 3.8) is 0 Å². The number of halogens is 1. The monoisotopic (exact) mass is 375 g/mol. The number of hydrogen-bond donors (Lipinski definition) is 1. The zero-order chi connectivity index (χ0) is 18.5. The minimum atomic E-state index is -1.03. The first-order valence-electron chi connectivity index (χ1n) is 8.61. The Morgan fingerprint density at radius 1 is 1.19 bits per heavy atom. The number of nitrogens with zero attached hydrogens (tertiary/aromatic N) is 1. The number of morpholine rings is 1. The molecule has 0 saturated carbocycles. The van der Waals surface area contributed by atoms with Crippen molar-refractivity contribution < 1.29 is 19.4 Å². The summed E-state index contributed by atoms with van der Waals surface area (Å²) >= 11 is 6.21. The van der Waals surface area contributed by atoms with Gasteiger partial charge in [0.25, 0.3) is 0 Å². The van der Waals surface area contributed by atoms with Crippen LogP contribution >= 0.6 is 11.6 Å². The molecule has 2 aromatic carbocycles. The minimum absolute atomic E-state index is 0.350. The van der Waals surface area contributed by atoms with Gasteiger partial charge in [0.15, 0.2) is 6.61 Å². The molecule has 3 rings (SSSR count). The van der Waals surface area contributed by atoms with Gasteiger partial charge in [-0.25, -0.2) is 4.79 Å². The molecule has 0 radical (unpaired) electrons. The van der Waals surface area contributed by atoms with Gasteiger partial charge in [0.2, 0.25) is 0 Å². The van der Waals surface area contributed by atoms with Crippen LogP contribution in [0.15, 0.2) is 42.5 Å². The minimum Gasteiger partial charge on any atom is -0.480 e. The molecule has 0 spiro atoms. The highest BCUT2D eigenvalue weighted by atomic mass is 35.5. The molecule has 0 bridgehead atoms. The largest absolute Gasteiger partial charge is 0.480 e. The maximum Gasteiger partial charge on any atom is 0.341 e. The molecule has 0 aromatic heterocycles. The Labute approximate surface area is 158 Å². The molecule has 5 nitrogen and oxygen atoms in total. The molecule has 0 unspecified atom stereocenters. The number of carboxylic acid groups (broad SMARTS) is 1. The molecule has 26 heavy (non-hydrogen) atoms. The lowest BCUT2D eigenvalue weighted by molar-refractivity contribution is -0.139. The summed E-state index contributed by atoms with van der Waals surface area (Å²) in [6, 6.07) is 14.2. The summed E-state index contributed by atoms with van der Waals surface area (Å²) in [5.41, 5.74) is 3.28. The van der Waals surface area contributed by atoms with Gasteiger partial charge in [-0.15, -0.1) is 0 Å². The predicted octanol–water partition coefficient (Wildman–Crippen LogP) is 3.86. The van der Waals surface area contributed by atoms with Crippen LogP contribution in [0.3, 0.4) is 0 Å². The number of hydrogen-bond acceptors (Lipinski definition) is 4. The number of carbonyl (C=O) groups is 1. The van der Waals surface area contributed by atoms with E-state index in [-0.39, 0.29) is 0 Å². The van der Waals surface area contributed by atoms with Crippen LogP contribution in [0.1, 0.15) is 18.5 Å². The fraction of sp³-hybridized carbons (Fsp3) is 0.350. The maximum atomic E-state index is 10.6. The van der Waals surface area contributed by atoms with E-state index in [1.165, 1.54) is 5.56 Å². The Hall–Kier alpha value is -2.08. The van der Waals surface area contributed by atoms with E-state index in [0.717, 1.165) is 37.4 Å². The molecule has 1 saturated heterocycles. The van der Waals surface area contributed by atoms with Crippen LogP contribution in [0.5, 0.6) is 5.75 Å². The zero-order valence-corrected chi connectivity index (χ0v) is 15.4. The lowest BCUT2D eigenvalue weighted by atomic mass is 10.0. The zero-order valence-electron chi connectivity index (χ0n) is 14.7. The summed E-state index contributed by atoms with van der Waals surface area (Å²) in [5, 5.41) is 9.08. The molecular formula is C20H22ClNO4. The molecule has 0 amide bonds. The Bertz CT molecular complexity index is 757. The Morgan fingerprint density at radius 2 is 1.85 bits per heavy atom. The van der Waals surface area contributed by atoms with E-state index in [2.05, 4.69) is 36.1 Å². The van der Waals surface area contributed by atoms with E-state index in [9.17, 15) is 4.79 Å². The number of benzene rings is 2. The maximum absolute atomic E-state index is 10.6. The van der Waals surface area contributed by atoms with E-state index < -0.39 is 12.6 Å². The highest BCUT2D eigenvalue weighted by molar-refractivity contribution is 6.32. The Balaban J connectivity index is 1.71. The Kier molecular flexibility index (Phi) is 6.14. The van der Waals surface area contributed by atoms with Crippen LogP contribution in [0.4, 0.5) is 0 Å².